The molecule has 0 aliphatic rings. The summed E-state index contributed by atoms with van der Waals surface area (Å²) < 4.78 is 9.34. The number of esters is 1. The summed E-state index contributed by atoms with van der Waals surface area (Å²) in [5.41, 5.74) is 0. The SMILES string of the molecule is CCOC(=O)CCCOC(=O)NC. The summed E-state index contributed by atoms with van der Waals surface area (Å²) in [5, 5.41) is 2.30. The fourth-order valence-electron chi connectivity index (χ4n) is 0.687. The van der Waals surface area contributed by atoms with Crippen molar-refractivity contribution in [3.05, 3.63) is 0 Å². The number of nitrogens with one attached hydrogen (secondary N) is 1. The van der Waals surface area contributed by atoms with Crippen LogP contribution >= 0.6 is 0 Å². The molecule has 76 valence electrons. The second kappa shape index (κ2) is 7.39. The number of amides is 1. The van der Waals surface area contributed by atoms with Crippen LogP contribution in [0.3, 0.4) is 0 Å². The quantitative estimate of drug-likeness (QED) is 0.510. The van der Waals surface area contributed by atoms with Crippen LogP contribution in [-0.2, 0) is 14.3 Å². The molecular formula is C8H15NO4. The highest BCUT2D eigenvalue weighted by molar-refractivity contribution is 5.69. The normalized spacial score (nSPS) is 9.08. The molecule has 0 unspecified atom stereocenters. The maximum absolute atomic E-state index is 10.8. The molecule has 0 aromatic heterocycles. The Morgan fingerprint density at radius 2 is 2.00 bits per heavy atom. The molecule has 0 rings (SSSR count). The molecule has 0 aliphatic heterocycles. The number of ether oxygens (including phenoxy) is 2. The third-order valence-corrected chi connectivity index (χ3v) is 1.27. The van der Waals surface area contributed by atoms with Gasteiger partial charge in [-0.1, -0.05) is 0 Å². The molecule has 13 heavy (non-hydrogen) atoms. The molecule has 0 aliphatic carbocycles. The molecule has 0 aromatic rings. The number of carbonyl (C=O) groups excluding carboxylic acids is 2. The lowest BCUT2D eigenvalue weighted by molar-refractivity contribution is -0.143. The fourth-order valence-corrected chi connectivity index (χ4v) is 0.687. The number of carbonyl (C=O) groups is 2. The van der Waals surface area contributed by atoms with Gasteiger partial charge in [0.25, 0.3) is 0 Å². The van der Waals surface area contributed by atoms with Crippen molar-refractivity contribution in [3.8, 4) is 0 Å². The van der Waals surface area contributed by atoms with Gasteiger partial charge in [0, 0.05) is 13.5 Å². The maximum atomic E-state index is 10.8. The van der Waals surface area contributed by atoms with Gasteiger partial charge in [-0.3, -0.25) is 4.79 Å². The first-order valence-corrected chi connectivity index (χ1v) is 4.20. The van der Waals surface area contributed by atoms with E-state index in [0.29, 0.717) is 13.0 Å². The Bertz CT molecular complexity index is 170. The van der Waals surface area contributed by atoms with E-state index in [4.69, 9.17) is 0 Å². The third kappa shape index (κ3) is 7.11. The standard InChI is InChI=1S/C8H15NO4/c1-3-12-7(10)5-4-6-13-8(11)9-2/h3-6H2,1-2H3,(H,9,11). The molecule has 0 bridgehead atoms. The third-order valence-electron chi connectivity index (χ3n) is 1.27. The molecule has 0 spiro atoms. The first-order chi connectivity index (χ1) is 6.20. The Morgan fingerprint density at radius 3 is 2.54 bits per heavy atom. The van der Waals surface area contributed by atoms with Crippen LogP contribution in [0.25, 0.3) is 0 Å². The van der Waals surface area contributed by atoms with Gasteiger partial charge in [0.1, 0.15) is 0 Å². The summed E-state index contributed by atoms with van der Waals surface area (Å²) in [4.78, 5) is 21.3. The topological polar surface area (TPSA) is 64.6 Å². The van der Waals surface area contributed by atoms with E-state index in [-0.39, 0.29) is 19.0 Å². The van der Waals surface area contributed by atoms with Crippen LogP contribution in [0.5, 0.6) is 0 Å². The second-order valence-corrected chi connectivity index (χ2v) is 2.29. The monoisotopic (exact) mass is 189 g/mol. The lowest BCUT2D eigenvalue weighted by atomic mass is 10.3. The first kappa shape index (κ1) is 11.7. The zero-order chi connectivity index (χ0) is 10.1. The molecule has 0 saturated heterocycles. The van der Waals surface area contributed by atoms with Crippen LogP contribution in [0, 0.1) is 0 Å². The molecule has 1 N–H and O–H groups in total. The van der Waals surface area contributed by atoms with Crippen LogP contribution < -0.4 is 5.32 Å². The van der Waals surface area contributed by atoms with Gasteiger partial charge in [0.05, 0.1) is 13.2 Å². The maximum Gasteiger partial charge on any atom is 0.406 e. The zero-order valence-electron chi connectivity index (χ0n) is 7.96. The summed E-state index contributed by atoms with van der Waals surface area (Å²) >= 11 is 0. The largest absolute Gasteiger partial charge is 0.466 e. The van der Waals surface area contributed by atoms with E-state index in [1.54, 1.807) is 6.92 Å². The van der Waals surface area contributed by atoms with Crippen LogP contribution in [0.15, 0.2) is 0 Å². The van der Waals surface area contributed by atoms with E-state index in [1.165, 1.54) is 7.05 Å². The van der Waals surface area contributed by atoms with Crippen molar-refractivity contribution >= 4 is 12.1 Å². The predicted molar refractivity (Wildman–Crippen MR) is 46.3 cm³/mol. The highest BCUT2D eigenvalue weighted by atomic mass is 16.5. The molecule has 5 heteroatoms. The van der Waals surface area contributed by atoms with E-state index in [2.05, 4.69) is 14.8 Å². The molecule has 1 amide bonds. The fraction of sp³-hybridized carbons (Fsp3) is 0.750. The zero-order valence-corrected chi connectivity index (χ0v) is 7.96. The Balaban J connectivity index is 3.25. The van der Waals surface area contributed by atoms with Crippen LogP contribution in [-0.4, -0.2) is 32.3 Å². The lowest BCUT2D eigenvalue weighted by Crippen LogP contribution is -2.20. The molecule has 0 fully saturated rings. The Morgan fingerprint density at radius 1 is 1.31 bits per heavy atom. The van der Waals surface area contributed by atoms with Crippen LogP contribution in [0.4, 0.5) is 4.79 Å². The first-order valence-electron chi connectivity index (χ1n) is 4.20. The van der Waals surface area contributed by atoms with Crippen molar-refractivity contribution in [2.45, 2.75) is 19.8 Å². The molecule has 5 nitrogen and oxygen atoms in total. The summed E-state index contributed by atoms with van der Waals surface area (Å²) in [7, 11) is 1.48. The Hall–Kier alpha value is -1.26. The molecule has 0 aromatic carbocycles. The lowest BCUT2D eigenvalue weighted by Gasteiger charge is -2.03. The number of alkyl carbamates (subject to hydrolysis) is 1. The minimum Gasteiger partial charge on any atom is -0.466 e. The van der Waals surface area contributed by atoms with Crippen molar-refractivity contribution in [1.82, 2.24) is 5.32 Å². The average molecular weight is 189 g/mol. The van der Waals surface area contributed by atoms with E-state index in [1.807, 2.05) is 0 Å². The predicted octanol–water partition coefficient (Wildman–Crippen LogP) is 0.686. The molecule has 0 heterocycles. The molecule has 0 atom stereocenters. The summed E-state index contributed by atoms with van der Waals surface area (Å²) in [6.07, 6.45) is 0.292. The van der Waals surface area contributed by atoms with Crippen LogP contribution in [0.2, 0.25) is 0 Å². The van der Waals surface area contributed by atoms with E-state index in [9.17, 15) is 9.59 Å². The van der Waals surface area contributed by atoms with E-state index < -0.39 is 6.09 Å². The summed E-state index contributed by atoms with van der Waals surface area (Å²) in [6, 6.07) is 0. The Kier molecular flexibility index (Phi) is 6.68. The summed E-state index contributed by atoms with van der Waals surface area (Å²) in [6.45, 7) is 2.37. The van der Waals surface area contributed by atoms with Gasteiger partial charge in [-0.05, 0) is 13.3 Å². The number of hydrogen-bond acceptors (Lipinski definition) is 4. The van der Waals surface area contributed by atoms with Crippen molar-refractivity contribution in [3.63, 3.8) is 0 Å². The second-order valence-electron chi connectivity index (χ2n) is 2.29. The minimum absolute atomic E-state index is 0.235. The van der Waals surface area contributed by atoms with Crippen molar-refractivity contribution in [2.24, 2.45) is 0 Å². The smallest absolute Gasteiger partial charge is 0.406 e. The van der Waals surface area contributed by atoms with Crippen molar-refractivity contribution in [1.29, 1.82) is 0 Å². The van der Waals surface area contributed by atoms with Crippen LogP contribution in [0.1, 0.15) is 19.8 Å². The Labute approximate surface area is 77.4 Å². The molecule has 0 saturated carbocycles. The number of rotatable bonds is 5. The van der Waals surface area contributed by atoms with Gasteiger partial charge in [-0.2, -0.15) is 0 Å². The van der Waals surface area contributed by atoms with Gasteiger partial charge < -0.3 is 14.8 Å². The van der Waals surface area contributed by atoms with Gasteiger partial charge in [0.2, 0.25) is 0 Å². The van der Waals surface area contributed by atoms with E-state index in [0.717, 1.165) is 0 Å². The minimum atomic E-state index is -0.483. The van der Waals surface area contributed by atoms with Crippen molar-refractivity contribution in [2.75, 3.05) is 20.3 Å². The molecule has 0 radical (unpaired) electrons. The highest BCUT2D eigenvalue weighted by Crippen LogP contribution is 1.93. The highest BCUT2D eigenvalue weighted by Gasteiger charge is 2.02. The van der Waals surface area contributed by atoms with Crippen molar-refractivity contribution < 1.29 is 19.1 Å². The van der Waals surface area contributed by atoms with Gasteiger partial charge in [-0.15, -0.1) is 0 Å². The van der Waals surface area contributed by atoms with Gasteiger partial charge in [0.15, 0.2) is 0 Å². The molecular weight excluding hydrogens is 174 g/mol. The summed E-state index contributed by atoms with van der Waals surface area (Å²) in [5.74, 6) is -0.261. The van der Waals surface area contributed by atoms with Gasteiger partial charge >= 0.3 is 12.1 Å². The van der Waals surface area contributed by atoms with Gasteiger partial charge in [-0.25, -0.2) is 4.79 Å². The van der Waals surface area contributed by atoms with E-state index >= 15 is 0 Å². The average Bonchev–Trinajstić information content (AvgIpc) is 2.12. The number of hydrogen-bond donors (Lipinski definition) is 1.